The summed E-state index contributed by atoms with van der Waals surface area (Å²) in [7, 11) is 0. The fraction of sp³-hybridized carbons (Fsp3) is 0.533. The molecular weight excluding hydrogens is 226 g/mol. The molecule has 1 aromatic carbocycles. The summed E-state index contributed by atoms with van der Waals surface area (Å²) in [5, 5.41) is 8.83. The Hall–Kier alpha value is -1.51. The van der Waals surface area contributed by atoms with E-state index in [0.717, 1.165) is 24.6 Å². The fourth-order valence-corrected chi connectivity index (χ4v) is 3.36. The van der Waals surface area contributed by atoms with E-state index in [0.29, 0.717) is 0 Å². The monoisotopic (exact) mass is 245 g/mol. The predicted octanol–water partition coefficient (Wildman–Crippen LogP) is 2.62. The summed E-state index contributed by atoms with van der Waals surface area (Å²) in [6.45, 7) is 1.11. The van der Waals surface area contributed by atoms with E-state index in [4.69, 9.17) is 5.11 Å². The first-order chi connectivity index (χ1) is 8.74. The summed E-state index contributed by atoms with van der Waals surface area (Å²) >= 11 is 0. The van der Waals surface area contributed by atoms with Gasteiger partial charge in [-0.05, 0) is 36.5 Å². The van der Waals surface area contributed by atoms with Crippen LogP contribution in [0.5, 0.6) is 0 Å². The molecule has 0 aromatic heterocycles. The van der Waals surface area contributed by atoms with Gasteiger partial charge in [-0.1, -0.05) is 25.0 Å². The number of carbonyl (C=O) groups is 1. The van der Waals surface area contributed by atoms with Crippen molar-refractivity contribution in [3.8, 4) is 0 Å². The van der Waals surface area contributed by atoms with Crippen molar-refractivity contribution in [3.63, 3.8) is 0 Å². The Morgan fingerprint density at radius 2 is 2.11 bits per heavy atom. The van der Waals surface area contributed by atoms with Crippen LogP contribution in [0.2, 0.25) is 0 Å². The lowest BCUT2D eigenvalue weighted by Gasteiger charge is -2.26. The lowest BCUT2D eigenvalue weighted by molar-refractivity contribution is -0.136. The largest absolute Gasteiger partial charge is 0.481 e. The minimum atomic E-state index is -0.749. The number of carboxylic acid groups (broad SMARTS) is 1. The summed E-state index contributed by atoms with van der Waals surface area (Å²) in [4.78, 5) is 13.3. The van der Waals surface area contributed by atoms with E-state index < -0.39 is 5.97 Å². The molecule has 3 nitrogen and oxygen atoms in total. The van der Waals surface area contributed by atoms with Crippen LogP contribution in [0.15, 0.2) is 18.2 Å². The van der Waals surface area contributed by atoms with Crippen molar-refractivity contribution in [3.05, 3.63) is 29.3 Å². The Labute approximate surface area is 107 Å². The van der Waals surface area contributed by atoms with Crippen LogP contribution < -0.4 is 4.90 Å². The van der Waals surface area contributed by atoms with Crippen LogP contribution in [0.4, 0.5) is 5.69 Å². The number of fused-ring (bicyclic) bond motifs is 1. The maximum Gasteiger partial charge on any atom is 0.307 e. The minimum absolute atomic E-state index is 0.136. The standard InChI is InChI=1S/C15H19NO2/c17-15(18)10-11-5-6-14-12(9-11)7-8-16(14)13-3-1-2-4-13/h5-6,9,13H,1-4,7-8,10H2,(H,17,18). The van der Waals surface area contributed by atoms with Gasteiger partial charge in [-0.15, -0.1) is 0 Å². The average molecular weight is 245 g/mol. The van der Waals surface area contributed by atoms with Gasteiger partial charge in [0.05, 0.1) is 6.42 Å². The first-order valence-electron chi connectivity index (χ1n) is 6.84. The van der Waals surface area contributed by atoms with E-state index in [1.54, 1.807) is 0 Å². The third-order valence-corrected chi connectivity index (χ3v) is 4.20. The Balaban J connectivity index is 1.82. The second-order valence-electron chi connectivity index (χ2n) is 5.42. The first kappa shape index (κ1) is 11.6. The Morgan fingerprint density at radius 1 is 1.33 bits per heavy atom. The second-order valence-corrected chi connectivity index (χ2v) is 5.42. The molecule has 1 aromatic rings. The van der Waals surface area contributed by atoms with Crippen molar-refractivity contribution in [2.75, 3.05) is 11.4 Å². The molecule has 96 valence electrons. The van der Waals surface area contributed by atoms with Crippen LogP contribution in [0, 0.1) is 0 Å². The Bertz CT molecular complexity index is 464. The lowest BCUT2D eigenvalue weighted by atomic mass is 10.1. The topological polar surface area (TPSA) is 40.5 Å². The zero-order valence-corrected chi connectivity index (χ0v) is 10.6. The van der Waals surface area contributed by atoms with Gasteiger partial charge >= 0.3 is 5.97 Å². The second kappa shape index (κ2) is 4.63. The molecule has 1 aliphatic heterocycles. The van der Waals surface area contributed by atoms with Gasteiger partial charge in [-0.3, -0.25) is 4.79 Å². The molecule has 18 heavy (non-hydrogen) atoms. The van der Waals surface area contributed by atoms with Crippen LogP contribution in [-0.2, 0) is 17.6 Å². The quantitative estimate of drug-likeness (QED) is 0.890. The number of aliphatic carboxylic acids is 1. The van der Waals surface area contributed by atoms with Crippen molar-refractivity contribution < 1.29 is 9.90 Å². The van der Waals surface area contributed by atoms with Gasteiger partial charge in [0.25, 0.3) is 0 Å². The number of anilines is 1. The number of hydrogen-bond acceptors (Lipinski definition) is 2. The summed E-state index contributed by atoms with van der Waals surface area (Å²) in [6, 6.07) is 6.90. The predicted molar refractivity (Wildman–Crippen MR) is 71.1 cm³/mol. The van der Waals surface area contributed by atoms with Gasteiger partial charge in [-0.2, -0.15) is 0 Å². The molecule has 0 amide bonds. The summed E-state index contributed by atoms with van der Waals surface area (Å²) in [6.07, 6.45) is 6.55. The van der Waals surface area contributed by atoms with E-state index >= 15 is 0 Å². The first-order valence-corrected chi connectivity index (χ1v) is 6.84. The van der Waals surface area contributed by atoms with E-state index in [-0.39, 0.29) is 6.42 Å². The average Bonchev–Trinajstić information content (AvgIpc) is 2.94. The molecule has 2 aliphatic rings. The highest BCUT2D eigenvalue weighted by Crippen LogP contribution is 2.35. The van der Waals surface area contributed by atoms with E-state index in [2.05, 4.69) is 17.0 Å². The molecular formula is C15H19NO2. The zero-order chi connectivity index (χ0) is 12.5. The lowest BCUT2D eigenvalue weighted by Crippen LogP contribution is -2.31. The molecule has 3 heteroatoms. The number of hydrogen-bond donors (Lipinski definition) is 1. The maximum atomic E-state index is 10.7. The molecule has 1 saturated carbocycles. The molecule has 0 radical (unpaired) electrons. The highest BCUT2D eigenvalue weighted by molar-refractivity contribution is 5.71. The molecule has 0 saturated heterocycles. The van der Waals surface area contributed by atoms with Gasteiger partial charge in [0, 0.05) is 18.3 Å². The van der Waals surface area contributed by atoms with Crippen LogP contribution in [0.3, 0.4) is 0 Å². The number of nitrogens with zero attached hydrogens (tertiary/aromatic N) is 1. The van der Waals surface area contributed by atoms with Crippen molar-refractivity contribution in [2.24, 2.45) is 0 Å². The SMILES string of the molecule is O=C(O)Cc1ccc2c(c1)CCN2C1CCCC1. The maximum absolute atomic E-state index is 10.7. The molecule has 0 unspecified atom stereocenters. The summed E-state index contributed by atoms with van der Waals surface area (Å²) < 4.78 is 0. The molecule has 1 N–H and O–H groups in total. The van der Waals surface area contributed by atoms with E-state index in [9.17, 15) is 4.79 Å². The van der Waals surface area contributed by atoms with Crippen molar-refractivity contribution in [1.82, 2.24) is 0 Å². The normalized spacial score (nSPS) is 19.2. The van der Waals surface area contributed by atoms with Crippen LogP contribution in [0.1, 0.15) is 36.8 Å². The summed E-state index contributed by atoms with van der Waals surface area (Å²) in [5.74, 6) is -0.749. The smallest absolute Gasteiger partial charge is 0.307 e. The number of carboxylic acids is 1. The van der Waals surface area contributed by atoms with Gasteiger partial charge in [0.1, 0.15) is 0 Å². The van der Waals surface area contributed by atoms with Crippen molar-refractivity contribution >= 4 is 11.7 Å². The third kappa shape index (κ3) is 2.09. The third-order valence-electron chi connectivity index (χ3n) is 4.20. The van der Waals surface area contributed by atoms with Crippen LogP contribution >= 0.6 is 0 Å². The molecule has 0 bridgehead atoms. The van der Waals surface area contributed by atoms with E-state index in [1.807, 2.05) is 6.07 Å². The number of rotatable bonds is 3. The number of benzene rings is 1. The zero-order valence-electron chi connectivity index (χ0n) is 10.6. The molecule has 1 heterocycles. The van der Waals surface area contributed by atoms with Crippen molar-refractivity contribution in [1.29, 1.82) is 0 Å². The van der Waals surface area contributed by atoms with Gasteiger partial charge in [0.2, 0.25) is 0 Å². The highest BCUT2D eigenvalue weighted by atomic mass is 16.4. The molecule has 0 spiro atoms. The van der Waals surface area contributed by atoms with Gasteiger partial charge in [-0.25, -0.2) is 0 Å². The Kier molecular flexibility index (Phi) is 2.98. The molecule has 1 aliphatic carbocycles. The molecule has 1 fully saturated rings. The molecule has 0 atom stereocenters. The van der Waals surface area contributed by atoms with E-state index in [1.165, 1.54) is 36.9 Å². The molecule has 3 rings (SSSR count). The fourth-order valence-electron chi connectivity index (χ4n) is 3.36. The highest BCUT2D eigenvalue weighted by Gasteiger charge is 2.28. The van der Waals surface area contributed by atoms with Gasteiger partial charge in [0.15, 0.2) is 0 Å². The Morgan fingerprint density at radius 3 is 2.83 bits per heavy atom. The minimum Gasteiger partial charge on any atom is -0.481 e. The summed E-state index contributed by atoms with van der Waals surface area (Å²) in [5.41, 5.74) is 3.60. The van der Waals surface area contributed by atoms with Crippen molar-refractivity contribution in [2.45, 2.75) is 44.6 Å². The van der Waals surface area contributed by atoms with Crippen LogP contribution in [-0.4, -0.2) is 23.7 Å². The van der Waals surface area contributed by atoms with Crippen LogP contribution in [0.25, 0.3) is 0 Å². The van der Waals surface area contributed by atoms with Gasteiger partial charge < -0.3 is 10.0 Å².